The number of aryl methyl sites for hydroxylation is 1. The number of ether oxygens (including phenoxy) is 3. The number of aliphatic hydroxyl groups excluding tert-OH is 1. The molecule has 1 aromatic heterocycles. The number of benzene rings is 2. The predicted octanol–water partition coefficient (Wildman–Crippen LogP) is 2.69. The van der Waals surface area contributed by atoms with Crippen LogP contribution in [0.25, 0.3) is 0 Å². The lowest BCUT2D eigenvalue weighted by atomic mass is 10.1. The highest BCUT2D eigenvalue weighted by Gasteiger charge is 2.21. The van der Waals surface area contributed by atoms with Crippen LogP contribution in [0.1, 0.15) is 27.6 Å². The molecule has 2 N–H and O–H groups in total. The molecule has 178 valence electrons. The van der Waals surface area contributed by atoms with E-state index >= 15 is 0 Å². The van der Waals surface area contributed by atoms with E-state index < -0.39 is 12.0 Å². The van der Waals surface area contributed by atoms with Gasteiger partial charge in [-0.2, -0.15) is 5.10 Å². The van der Waals surface area contributed by atoms with Gasteiger partial charge in [-0.3, -0.25) is 14.3 Å². The SMILES string of the molecule is C[C@@H](CO)Oc1cc(Oc2ccc3c(c2)OCCN(C)C3=O)cc(C(=O)Nc2ccn(C)n2)c1. The van der Waals surface area contributed by atoms with Crippen molar-refractivity contribution in [2.45, 2.75) is 13.0 Å². The minimum absolute atomic E-state index is 0.124. The Morgan fingerprint density at radius 2 is 1.97 bits per heavy atom. The summed E-state index contributed by atoms with van der Waals surface area (Å²) in [5, 5.41) is 16.2. The maximum atomic E-state index is 12.8. The lowest BCUT2D eigenvalue weighted by molar-refractivity contribution is 0.0796. The molecule has 2 aromatic carbocycles. The van der Waals surface area contributed by atoms with E-state index in [0.29, 0.717) is 47.5 Å². The van der Waals surface area contributed by atoms with Gasteiger partial charge < -0.3 is 29.5 Å². The Labute approximate surface area is 196 Å². The van der Waals surface area contributed by atoms with Crippen molar-refractivity contribution in [1.29, 1.82) is 0 Å². The van der Waals surface area contributed by atoms with E-state index in [0.717, 1.165) is 0 Å². The average molecular weight is 466 g/mol. The molecule has 0 spiro atoms. The summed E-state index contributed by atoms with van der Waals surface area (Å²) in [5.41, 5.74) is 0.739. The average Bonchev–Trinajstić information content (AvgIpc) is 3.16. The molecule has 0 saturated carbocycles. The van der Waals surface area contributed by atoms with Crippen LogP contribution in [0, 0.1) is 0 Å². The zero-order valence-corrected chi connectivity index (χ0v) is 19.1. The Hall–Kier alpha value is -4.05. The van der Waals surface area contributed by atoms with E-state index in [9.17, 15) is 14.7 Å². The minimum Gasteiger partial charge on any atom is -0.491 e. The van der Waals surface area contributed by atoms with Gasteiger partial charge in [0, 0.05) is 44.1 Å². The quantitative estimate of drug-likeness (QED) is 0.550. The number of fused-ring (bicyclic) bond motifs is 1. The molecule has 0 radical (unpaired) electrons. The number of amides is 2. The molecule has 0 bridgehead atoms. The zero-order valence-electron chi connectivity index (χ0n) is 19.1. The van der Waals surface area contributed by atoms with Gasteiger partial charge in [-0.25, -0.2) is 0 Å². The van der Waals surface area contributed by atoms with Crippen molar-refractivity contribution in [3.8, 4) is 23.0 Å². The van der Waals surface area contributed by atoms with Gasteiger partial charge in [-0.05, 0) is 31.2 Å². The van der Waals surface area contributed by atoms with Gasteiger partial charge in [0.15, 0.2) is 5.82 Å². The van der Waals surface area contributed by atoms with Crippen LogP contribution in [0.15, 0.2) is 48.7 Å². The van der Waals surface area contributed by atoms with Crippen LogP contribution in [0.2, 0.25) is 0 Å². The lowest BCUT2D eigenvalue weighted by Crippen LogP contribution is -2.27. The first kappa shape index (κ1) is 23.1. The summed E-state index contributed by atoms with van der Waals surface area (Å²) in [6.45, 7) is 2.38. The molecule has 1 atom stereocenters. The van der Waals surface area contributed by atoms with Crippen molar-refractivity contribution in [3.05, 3.63) is 59.8 Å². The minimum atomic E-state index is -0.481. The van der Waals surface area contributed by atoms with Gasteiger partial charge >= 0.3 is 0 Å². The summed E-state index contributed by atoms with van der Waals surface area (Å²) in [7, 11) is 3.48. The normalized spacial score (nSPS) is 14.0. The molecule has 34 heavy (non-hydrogen) atoms. The summed E-state index contributed by atoms with van der Waals surface area (Å²) in [4.78, 5) is 26.9. The summed E-state index contributed by atoms with van der Waals surface area (Å²) < 4.78 is 19.0. The van der Waals surface area contributed by atoms with Crippen molar-refractivity contribution in [3.63, 3.8) is 0 Å². The Kier molecular flexibility index (Phi) is 6.69. The van der Waals surface area contributed by atoms with Crippen LogP contribution >= 0.6 is 0 Å². The number of anilines is 1. The second-order valence-corrected chi connectivity index (χ2v) is 7.97. The lowest BCUT2D eigenvalue weighted by Gasteiger charge is -2.16. The van der Waals surface area contributed by atoms with Crippen molar-refractivity contribution in [1.82, 2.24) is 14.7 Å². The van der Waals surface area contributed by atoms with Crippen LogP contribution in [0.3, 0.4) is 0 Å². The third kappa shape index (κ3) is 5.29. The molecule has 1 aliphatic heterocycles. The Morgan fingerprint density at radius 3 is 2.71 bits per heavy atom. The fourth-order valence-electron chi connectivity index (χ4n) is 3.37. The molecule has 3 aromatic rings. The van der Waals surface area contributed by atoms with E-state index in [1.807, 2.05) is 0 Å². The molecule has 0 aliphatic carbocycles. The van der Waals surface area contributed by atoms with Crippen molar-refractivity contribution in [2.24, 2.45) is 7.05 Å². The number of rotatable bonds is 7. The van der Waals surface area contributed by atoms with Gasteiger partial charge in [0.1, 0.15) is 35.7 Å². The van der Waals surface area contributed by atoms with Crippen molar-refractivity contribution in [2.75, 3.05) is 32.1 Å². The van der Waals surface area contributed by atoms with Crippen LogP contribution in [-0.4, -0.2) is 64.5 Å². The van der Waals surface area contributed by atoms with E-state index in [1.54, 1.807) is 79.3 Å². The number of aromatic nitrogens is 2. The zero-order chi connectivity index (χ0) is 24.2. The molecule has 4 rings (SSSR count). The van der Waals surface area contributed by atoms with Crippen molar-refractivity contribution < 1.29 is 28.9 Å². The van der Waals surface area contributed by atoms with Crippen molar-refractivity contribution >= 4 is 17.6 Å². The smallest absolute Gasteiger partial charge is 0.257 e. The highest BCUT2D eigenvalue weighted by molar-refractivity contribution is 6.04. The molecule has 0 fully saturated rings. The molecule has 10 heteroatoms. The molecule has 10 nitrogen and oxygen atoms in total. The van der Waals surface area contributed by atoms with Gasteiger partial charge in [0.05, 0.1) is 18.7 Å². The predicted molar refractivity (Wildman–Crippen MR) is 124 cm³/mol. The van der Waals surface area contributed by atoms with Crippen LogP contribution in [-0.2, 0) is 7.05 Å². The first-order valence-electron chi connectivity index (χ1n) is 10.8. The molecule has 0 unspecified atom stereocenters. The first-order chi connectivity index (χ1) is 16.3. The monoisotopic (exact) mass is 466 g/mol. The Balaban J connectivity index is 1.62. The van der Waals surface area contributed by atoms with E-state index in [1.165, 1.54) is 0 Å². The number of carbonyl (C=O) groups is 2. The molecule has 1 aliphatic rings. The second kappa shape index (κ2) is 9.84. The fraction of sp³-hybridized carbons (Fsp3) is 0.292. The van der Waals surface area contributed by atoms with Gasteiger partial charge in [-0.15, -0.1) is 0 Å². The maximum absolute atomic E-state index is 12.8. The highest BCUT2D eigenvalue weighted by Crippen LogP contribution is 2.33. The molecule has 0 saturated heterocycles. The first-order valence-corrected chi connectivity index (χ1v) is 10.8. The van der Waals surface area contributed by atoms with Gasteiger partial charge in [0.25, 0.3) is 11.8 Å². The van der Waals surface area contributed by atoms with Crippen LogP contribution in [0.5, 0.6) is 23.0 Å². The summed E-state index contributed by atoms with van der Waals surface area (Å²) in [6.07, 6.45) is 1.24. The highest BCUT2D eigenvalue weighted by atomic mass is 16.5. The van der Waals surface area contributed by atoms with E-state index in [-0.39, 0.29) is 18.1 Å². The molecular weight excluding hydrogens is 440 g/mol. The second-order valence-electron chi connectivity index (χ2n) is 7.97. The number of hydrogen-bond donors (Lipinski definition) is 2. The van der Waals surface area contributed by atoms with E-state index in [4.69, 9.17) is 14.2 Å². The third-order valence-electron chi connectivity index (χ3n) is 5.14. The Morgan fingerprint density at radius 1 is 1.18 bits per heavy atom. The molecular formula is C24H26N4O6. The fourth-order valence-corrected chi connectivity index (χ4v) is 3.37. The standard InChI is InChI=1S/C24H26N4O6/c1-15(14-29)33-18-10-16(23(30)25-22-6-7-28(3)26-22)11-19(12-18)34-17-4-5-20-21(13-17)32-9-8-27(2)24(20)31/h4-7,10-13,15,29H,8-9,14H2,1-3H3,(H,25,26,30)/t15-/m0/s1. The molecule has 2 heterocycles. The van der Waals surface area contributed by atoms with Gasteiger partial charge in [-0.1, -0.05) is 0 Å². The summed E-state index contributed by atoms with van der Waals surface area (Å²) in [6, 6.07) is 11.4. The van der Waals surface area contributed by atoms with Crippen LogP contribution < -0.4 is 19.5 Å². The summed E-state index contributed by atoms with van der Waals surface area (Å²) >= 11 is 0. The summed E-state index contributed by atoms with van der Waals surface area (Å²) in [5.74, 6) is 1.44. The number of hydrogen-bond acceptors (Lipinski definition) is 7. The van der Waals surface area contributed by atoms with Gasteiger partial charge in [0.2, 0.25) is 0 Å². The largest absolute Gasteiger partial charge is 0.491 e. The van der Waals surface area contributed by atoms with Crippen LogP contribution in [0.4, 0.5) is 5.82 Å². The molecule has 2 amide bonds. The number of likely N-dealkylation sites (N-methyl/N-ethyl adjacent to an activating group) is 1. The number of carbonyl (C=O) groups excluding carboxylic acids is 2. The maximum Gasteiger partial charge on any atom is 0.257 e. The number of aliphatic hydroxyl groups is 1. The third-order valence-corrected chi connectivity index (χ3v) is 5.14. The Bertz CT molecular complexity index is 1210. The van der Waals surface area contributed by atoms with E-state index in [2.05, 4.69) is 10.4 Å². The number of nitrogens with zero attached hydrogens (tertiary/aromatic N) is 3. The number of nitrogens with one attached hydrogen (secondary N) is 1. The topological polar surface area (TPSA) is 115 Å².